The van der Waals surface area contributed by atoms with E-state index in [1.54, 1.807) is 12.1 Å². The van der Waals surface area contributed by atoms with Crippen LogP contribution in [0, 0.1) is 0 Å². The van der Waals surface area contributed by atoms with Gasteiger partial charge in [-0.15, -0.1) is 0 Å². The van der Waals surface area contributed by atoms with E-state index in [0.717, 1.165) is 0 Å². The van der Waals surface area contributed by atoms with Crippen molar-refractivity contribution < 1.29 is 9.21 Å². The molecule has 1 amide bonds. The van der Waals surface area contributed by atoms with E-state index in [0.29, 0.717) is 22.1 Å². The minimum atomic E-state index is -0.490. The summed E-state index contributed by atoms with van der Waals surface area (Å²) < 4.78 is 5.44. The van der Waals surface area contributed by atoms with E-state index in [-0.39, 0.29) is 17.5 Å². The number of H-pyrrole nitrogens is 1. The number of para-hydroxylation sites is 2. The van der Waals surface area contributed by atoms with Gasteiger partial charge in [-0.2, -0.15) is 10.1 Å². The van der Waals surface area contributed by atoms with Gasteiger partial charge in [0, 0.05) is 0 Å². The van der Waals surface area contributed by atoms with Crippen molar-refractivity contribution in [2.24, 2.45) is 0 Å². The average Bonchev–Trinajstić information content (AvgIpc) is 3.10. The van der Waals surface area contributed by atoms with Gasteiger partial charge in [-0.25, -0.2) is 9.97 Å². The van der Waals surface area contributed by atoms with Crippen LogP contribution in [0.5, 0.6) is 0 Å². The minimum Gasteiger partial charge on any atom is -0.423 e. The summed E-state index contributed by atoms with van der Waals surface area (Å²) in [6.45, 7) is 0. The standard InChI is InChI=1S/C13H9N7O2/c14-10-8-9(19-20-11(8)16-5-15-10)12(21)18-13-17-6-3-1-2-4-7(6)22-13/h1-5H,(H,17,18,21)(H3,14,15,16,19,20). The number of rotatable bonds is 2. The van der Waals surface area contributed by atoms with E-state index in [1.807, 2.05) is 12.1 Å². The molecule has 0 spiro atoms. The summed E-state index contributed by atoms with van der Waals surface area (Å²) in [5, 5.41) is 9.42. The summed E-state index contributed by atoms with van der Waals surface area (Å²) >= 11 is 0. The molecule has 0 aliphatic carbocycles. The van der Waals surface area contributed by atoms with Crippen LogP contribution in [0.25, 0.3) is 22.1 Å². The third-order valence-corrected chi connectivity index (χ3v) is 3.12. The maximum atomic E-state index is 12.3. The maximum Gasteiger partial charge on any atom is 0.302 e. The molecule has 3 aromatic heterocycles. The topological polar surface area (TPSA) is 136 Å². The lowest BCUT2D eigenvalue weighted by Crippen LogP contribution is -2.13. The van der Waals surface area contributed by atoms with Crippen LogP contribution in [-0.2, 0) is 0 Å². The van der Waals surface area contributed by atoms with Gasteiger partial charge in [0.05, 0.1) is 5.39 Å². The van der Waals surface area contributed by atoms with Gasteiger partial charge in [0.2, 0.25) is 0 Å². The van der Waals surface area contributed by atoms with Gasteiger partial charge in [-0.1, -0.05) is 12.1 Å². The highest BCUT2D eigenvalue weighted by atomic mass is 16.4. The molecule has 4 N–H and O–H groups in total. The molecule has 0 fully saturated rings. The average molecular weight is 295 g/mol. The number of nitrogens with one attached hydrogen (secondary N) is 2. The van der Waals surface area contributed by atoms with Gasteiger partial charge >= 0.3 is 6.01 Å². The van der Waals surface area contributed by atoms with Crippen molar-refractivity contribution in [3.63, 3.8) is 0 Å². The van der Waals surface area contributed by atoms with Crippen LogP contribution in [0.4, 0.5) is 11.8 Å². The fraction of sp³-hybridized carbons (Fsp3) is 0. The van der Waals surface area contributed by atoms with Gasteiger partial charge in [-0.05, 0) is 12.1 Å². The molecule has 0 saturated heterocycles. The number of benzene rings is 1. The van der Waals surface area contributed by atoms with Gasteiger partial charge < -0.3 is 10.2 Å². The van der Waals surface area contributed by atoms with Gasteiger partial charge in [0.15, 0.2) is 11.2 Å². The van der Waals surface area contributed by atoms with Crippen molar-refractivity contribution in [3.05, 3.63) is 36.3 Å². The van der Waals surface area contributed by atoms with Crippen molar-refractivity contribution in [2.45, 2.75) is 0 Å². The lowest BCUT2D eigenvalue weighted by atomic mass is 10.2. The van der Waals surface area contributed by atoms with E-state index < -0.39 is 5.91 Å². The first-order valence-corrected chi connectivity index (χ1v) is 6.34. The molecule has 0 bridgehead atoms. The smallest absolute Gasteiger partial charge is 0.302 e. The summed E-state index contributed by atoms with van der Waals surface area (Å²) in [6.07, 6.45) is 1.28. The molecule has 108 valence electrons. The zero-order chi connectivity index (χ0) is 15.1. The Balaban J connectivity index is 1.71. The molecule has 0 atom stereocenters. The first-order valence-electron chi connectivity index (χ1n) is 6.34. The highest BCUT2D eigenvalue weighted by molar-refractivity contribution is 6.12. The largest absolute Gasteiger partial charge is 0.423 e. The number of carbonyl (C=O) groups is 1. The molecule has 9 nitrogen and oxygen atoms in total. The molecular formula is C13H9N7O2. The van der Waals surface area contributed by atoms with Crippen LogP contribution in [0.2, 0.25) is 0 Å². The number of aromatic amines is 1. The first-order chi connectivity index (χ1) is 10.7. The Morgan fingerprint density at radius 1 is 1.27 bits per heavy atom. The number of oxazole rings is 1. The number of nitrogen functional groups attached to an aromatic ring is 1. The molecule has 22 heavy (non-hydrogen) atoms. The van der Waals surface area contributed by atoms with Crippen LogP contribution in [0.3, 0.4) is 0 Å². The number of nitrogens with zero attached hydrogens (tertiary/aromatic N) is 4. The molecule has 0 saturated carbocycles. The molecule has 4 rings (SSSR count). The Morgan fingerprint density at radius 3 is 3.00 bits per heavy atom. The number of anilines is 2. The minimum absolute atomic E-state index is 0.0874. The van der Waals surface area contributed by atoms with Crippen molar-refractivity contribution in [1.82, 2.24) is 25.1 Å². The van der Waals surface area contributed by atoms with Crippen LogP contribution < -0.4 is 11.1 Å². The molecule has 0 aliphatic rings. The fourth-order valence-corrected chi connectivity index (χ4v) is 2.13. The van der Waals surface area contributed by atoms with Crippen LogP contribution in [0.1, 0.15) is 10.5 Å². The zero-order valence-corrected chi connectivity index (χ0v) is 11.1. The SMILES string of the molecule is Nc1ncnc2n[nH]c(C(=O)Nc3nc4ccccc4o3)c12. The molecule has 0 unspecified atom stereocenters. The van der Waals surface area contributed by atoms with Gasteiger partial charge in [-0.3, -0.25) is 15.2 Å². The summed E-state index contributed by atoms with van der Waals surface area (Å²) in [4.78, 5) is 24.3. The number of carbonyl (C=O) groups excluding carboxylic acids is 1. The number of amides is 1. The number of nitrogens with two attached hydrogens (primary N) is 1. The molecule has 9 heteroatoms. The Morgan fingerprint density at radius 2 is 2.14 bits per heavy atom. The summed E-state index contributed by atoms with van der Waals surface area (Å²) in [5.74, 6) is -0.322. The van der Waals surface area contributed by atoms with E-state index in [1.165, 1.54) is 6.33 Å². The van der Waals surface area contributed by atoms with E-state index in [4.69, 9.17) is 10.2 Å². The number of fused-ring (bicyclic) bond motifs is 2. The maximum absolute atomic E-state index is 12.3. The monoisotopic (exact) mass is 295 g/mol. The van der Waals surface area contributed by atoms with E-state index in [9.17, 15) is 4.79 Å². The number of hydrogen-bond acceptors (Lipinski definition) is 7. The van der Waals surface area contributed by atoms with Gasteiger partial charge in [0.1, 0.15) is 23.4 Å². The molecule has 1 aromatic carbocycles. The lowest BCUT2D eigenvalue weighted by Gasteiger charge is -1.99. The quantitative estimate of drug-likeness (QED) is 0.507. The van der Waals surface area contributed by atoms with Crippen LogP contribution in [-0.4, -0.2) is 31.1 Å². The predicted octanol–water partition coefficient (Wildman–Crippen LogP) is 1.33. The summed E-state index contributed by atoms with van der Waals surface area (Å²) in [6, 6.07) is 7.28. The van der Waals surface area contributed by atoms with E-state index >= 15 is 0 Å². The van der Waals surface area contributed by atoms with Crippen molar-refractivity contribution in [2.75, 3.05) is 11.1 Å². The second-order valence-corrected chi connectivity index (χ2v) is 4.50. The summed E-state index contributed by atoms with van der Waals surface area (Å²) in [5.41, 5.74) is 7.45. The Bertz CT molecular complexity index is 971. The zero-order valence-electron chi connectivity index (χ0n) is 11.1. The molecule has 0 aliphatic heterocycles. The highest BCUT2D eigenvalue weighted by Crippen LogP contribution is 2.21. The van der Waals surface area contributed by atoms with Crippen molar-refractivity contribution in [1.29, 1.82) is 0 Å². The fourth-order valence-electron chi connectivity index (χ4n) is 2.13. The highest BCUT2D eigenvalue weighted by Gasteiger charge is 2.19. The predicted molar refractivity (Wildman–Crippen MR) is 78.1 cm³/mol. The second-order valence-electron chi connectivity index (χ2n) is 4.50. The first kappa shape index (κ1) is 12.3. The van der Waals surface area contributed by atoms with Crippen molar-refractivity contribution in [3.8, 4) is 0 Å². The molecular weight excluding hydrogens is 286 g/mol. The van der Waals surface area contributed by atoms with Crippen LogP contribution in [0.15, 0.2) is 35.0 Å². The normalized spacial score (nSPS) is 11.1. The van der Waals surface area contributed by atoms with E-state index in [2.05, 4.69) is 30.5 Å². The Hall–Kier alpha value is -3.49. The third-order valence-electron chi connectivity index (χ3n) is 3.12. The second kappa shape index (κ2) is 4.52. The van der Waals surface area contributed by atoms with Crippen molar-refractivity contribution >= 4 is 39.9 Å². The molecule has 0 radical (unpaired) electrons. The van der Waals surface area contributed by atoms with Crippen LogP contribution >= 0.6 is 0 Å². The third kappa shape index (κ3) is 1.84. The van der Waals surface area contributed by atoms with Gasteiger partial charge in [0.25, 0.3) is 5.91 Å². The Labute approximate surface area is 122 Å². The number of aromatic nitrogens is 5. The summed E-state index contributed by atoms with van der Waals surface area (Å²) in [7, 11) is 0. The molecule has 3 heterocycles. The lowest BCUT2D eigenvalue weighted by molar-refractivity contribution is 0.102. The molecule has 4 aromatic rings. The Kier molecular flexibility index (Phi) is 2.52. The number of hydrogen-bond donors (Lipinski definition) is 3.